The van der Waals surface area contributed by atoms with Crippen molar-refractivity contribution >= 4 is 7.28 Å². The third kappa shape index (κ3) is 1.03. The van der Waals surface area contributed by atoms with E-state index in [0.717, 1.165) is 11.8 Å². The van der Waals surface area contributed by atoms with Crippen molar-refractivity contribution in [3.05, 3.63) is 12.4 Å². The molecule has 3 heteroatoms. The van der Waals surface area contributed by atoms with Gasteiger partial charge in [-0.2, -0.15) is 0 Å². The minimum atomic E-state index is 0.574. The van der Waals surface area contributed by atoms with Crippen molar-refractivity contribution in [1.29, 1.82) is 0 Å². The Labute approximate surface area is 69.1 Å². The molecule has 0 amide bonds. The van der Waals surface area contributed by atoms with Crippen molar-refractivity contribution in [3.8, 4) is 0 Å². The van der Waals surface area contributed by atoms with E-state index in [-0.39, 0.29) is 0 Å². The second-order valence-electron chi connectivity index (χ2n) is 3.82. The van der Waals surface area contributed by atoms with Gasteiger partial charge >= 0.3 is 0 Å². The van der Waals surface area contributed by atoms with Gasteiger partial charge in [0, 0.05) is 19.4 Å². The van der Waals surface area contributed by atoms with Gasteiger partial charge in [0.25, 0.3) is 0 Å². The van der Waals surface area contributed by atoms with Gasteiger partial charge in [-0.25, -0.2) is 0 Å². The Balaban J connectivity index is 2.01. The first-order valence-electron chi connectivity index (χ1n) is 4.38. The van der Waals surface area contributed by atoms with Crippen LogP contribution in [0, 0.1) is 0 Å². The largest absolute Gasteiger partial charge is 0.362 e. The van der Waals surface area contributed by atoms with Crippen LogP contribution in [-0.4, -0.2) is 36.2 Å². The van der Waals surface area contributed by atoms with Crippen LogP contribution in [0.4, 0.5) is 0 Å². The van der Waals surface area contributed by atoms with Crippen LogP contribution in [0.25, 0.3) is 0 Å². The van der Waals surface area contributed by atoms with E-state index >= 15 is 0 Å². The molecule has 11 heavy (non-hydrogen) atoms. The fraction of sp³-hybridized carbons (Fsp3) is 0.750. The quantitative estimate of drug-likeness (QED) is 0.506. The lowest BCUT2D eigenvalue weighted by molar-refractivity contribution is 0.193. The van der Waals surface area contributed by atoms with Crippen molar-refractivity contribution in [2.45, 2.75) is 31.8 Å². The minimum absolute atomic E-state index is 0.574. The van der Waals surface area contributed by atoms with Gasteiger partial charge in [-0.15, -0.1) is 0 Å². The second kappa shape index (κ2) is 2.19. The molecule has 60 valence electrons. The Morgan fingerprint density at radius 3 is 2.27 bits per heavy atom. The lowest BCUT2D eigenvalue weighted by atomic mass is 10.0. The molecule has 0 aromatic carbocycles. The molecule has 0 aromatic rings. The highest BCUT2D eigenvalue weighted by atomic mass is 15.4. The summed E-state index contributed by atoms with van der Waals surface area (Å²) in [5, 5.41) is 0. The predicted octanol–water partition coefficient (Wildman–Crippen LogP) is 0.636. The van der Waals surface area contributed by atoms with Crippen LogP contribution in [-0.2, 0) is 0 Å². The zero-order valence-corrected chi connectivity index (χ0v) is 7.49. The third-order valence-electron chi connectivity index (χ3n) is 2.94. The number of nitrogens with zero attached hydrogens (tertiary/aromatic N) is 2. The summed E-state index contributed by atoms with van der Waals surface area (Å²) in [6.07, 6.45) is 4.96. The summed E-state index contributed by atoms with van der Waals surface area (Å²) in [6.45, 7) is 4.58. The summed E-state index contributed by atoms with van der Waals surface area (Å²) in [7, 11) is 3.51. The van der Waals surface area contributed by atoms with Gasteiger partial charge in [0.05, 0.1) is 6.17 Å². The molecule has 2 aliphatic heterocycles. The molecule has 2 rings (SSSR count). The first kappa shape index (κ1) is 7.08. The molecule has 0 saturated carbocycles. The molecule has 2 heterocycles. The topological polar surface area (TPSA) is 6.48 Å². The summed E-state index contributed by atoms with van der Waals surface area (Å²) in [6, 6.07) is 0. The van der Waals surface area contributed by atoms with Crippen LogP contribution in [0.3, 0.4) is 0 Å². The highest BCUT2D eigenvalue weighted by molar-refractivity contribution is 6.53. The molecule has 0 aliphatic carbocycles. The molecule has 2 aliphatic rings. The molecule has 2 unspecified atom stereocenters. The Bertz CT molecular complexity index is 193. The molecular formula is C8H15BN2. The van der Waals surface area contributed by atoms with Gasteiger partial charge in [0.2, 0.25) is 0 Å². The first-order valence-corrected chi connectivity index (χ1v) is 4.38. The minimum Gasteiger partial charge on any atom is -0.362 e. The molecule has 2 nitrogen and oxygen atoms in total. The van der Waals surface area contributed by atoms with Crippen molar-refractivity contribution in [1.82, 2.24) is 9.80 Å². The molecule has 0 bridgehead atoms. The smallest absolute Gasteiger partial charge is 0.153 e. The van der Waals surface area contributed by atoms with Crippen LogP contribution in [0.5, 0.6) is 0 Å². The van der Waals surface area contributed by atoms with E-state index < -0.39 is 0 Å². The van der Waals surface area contributed by atoms with E-state index in [1.807, 2.05) is 0 Å². The summed E-state index contributed by atoms with van der Waals surface area (Å²) >= 11 is 0. The number of hydrogen-bond donors (Lipinski definition) is 0. The summed E-state index contributed by atoms with van der Waals surface area (Å²) in [5.41, 5.74) is 0. The Kier molecular flexibility index (Phi) is 1.41. The Hall–Kier alpha value is -0.595. The van der Waals surface area contributed by atoms with Crippen molar-refractivity contribution in [2.24, 2.45) is 0 Å². The fourth-order valence-electron chi connectivity index (χ4n) is 1.75. The van der Waals surface area contributed by atoms with E-state index in [9.17, 15) is 0 Å². The average molecular weight is 150 g/mol. The highest BCUT2D eigenvalue weighted by Gasteiger charge is 2.42. The predicted molar refractivity (Wildman–Crippen MR) is 48.6 cm³/mol. The van der Waals surface area contributed by atoms with E-state index in [1.54, 1.807) is 0 Å². The zero-order chi connectivity index (χ0) is 8.01. The van der Waals surface area contributed by atoms with E-state index in [1.165, 1.54) is 7.28 Å². The maximum absolute atomic E-state index is 2.46. The molecular weight excluding hydrogens is 135 g/mol. The standard InChI is InChI=1S/C8H15BN2/c1-6-8(9-6)11-5-4-10(3)7(11)2/h4-9H,1-3H3/t6?,7-,8?/m0/s1. The number of hydrogen-bond acceptors (Lipinski definition) is 2. The normalized spacial score (nSPS) is 41.2. The van der Waals surface area contributed by atoms with Gasteiger partial charge in [0.1, 0.15) is 0 Å². The third-order valence-corrected chi connectivity index (χ3v) is 2.94. The maximum atomic E-state index is 2.46. The van der Waals surface area contributed by atoms with Crippen molar-refractivity contribution in [2.75, 3.05) is 7.05 Å². The first-order chi connectivity index (χ1) is 5.20. The summed E-state index contributed by atoms with van der Waals surface area (Å²) in [4.78, 5) is 4.72. The van der Waals surface area contributed by atoms with Crippen LogP contribution in [0.1, 0.15) is 13.8 Å². The van der Waals surface area contributed by atoms with Gasteiger partial charge in [-0.05, 0) is 12.9 Å². The summed E-state index contributed by atoms with van der Waals surface area (Å²) in [5.74, 6) is 1.74. The van der Waals surface area contributed by atoms with Crippen LogP contribution < -0.4 is 0 Å². The lowest BCUT2D eigenvalue weighted by Gasteiger charge is -2.27. The zero-order valence-electron chi connectivity index (χ0n) is 7.49. The maximum Gasteiger partial charge on any atom is 0.153 e. The lowest BCUT2D eigenvalue weighted by Crippen LogP contribution is -2.35. The van der Waals surface area contributed by atoms with Gasteiger partial charge in [0.15, 0.2) is 7.28 Å². The molecule has 1 saturated heterocycles. The van der Waals surface area contributed by atoms with Crippen LogP contribution in [0.2, 0.25) is 5.82 Å². The molecule has 0 radical (unpaired) electrons. The summed E-state index contributed by atoms with van der Waals surface area (Å²) < 4.78 is 0. The van der Waals surface area contributed by atoms with E-state index in [2.05, 4.69) is 43.1 Å². The second-order valence-corrected chi connectivity index (χ2v) is 3.82. The molecule has 0 aromatic heterocycles. The Morgan fingerprint density at radius 1 is 1.27 bits per heavy atom. The monoisotopic (exact) mass is 150 g/mol. The fourth-order valence-corrected chi connectivity index (χ4v) is 1.75. The Morgan fingerprint density at radius 2 is 1.91 bits per heavy atom. The van der Waals surface area contributed by atoms with Crippen molar-refractivity contribution < 1.29 is 0 Å². The number of rotatable bonds is 1. The highest BCUT2D eigenvalue weighted by Crippen LogP contribution is 2.35. The average Bonchev–Trinajstić information content (AvgIpc) is 2.58. The van der Waals surface area contributed by atoms with Gasteiger partial charge < -0.3 is 9.80 Å². The molecule has 3 atom stereocenters. The van der Waals surface area contributed by atoms with Gasteiger partial charge in [-0.1, -0.05) is 12.7 Å². The molecule has 0 N–H and O–H groups in total. The van der Waals surface area contributed by atoms with Crippen LogP contribution in [0.15, 0.2) is 12.4 Å². The molecule has 0 spiro atoms. The van der Waals surface area contributed by atoms with Crippen molar-refractivity contribution in [3.63, 3.8) is 0 Å². The van der Waals surface area contributed by atoms with Gasteiger partial charge in [-0.3, -0.25) is 0 Å². The SMILES string of the molecule is CC1BC1N1C=CN(C)[C@@H]1C. The van der Waals surface area contributed by atoms with Crippen LogP contribution >= 0.6 is 0 Å². The molecule has 1 fully saturated rings. The van der Waals surface area contributed by atoms with E-state index in [0.29, 0.717) is 6.17 Å². The van der Waals surface area contributed by atoms with E-state index in [4.69, 9.17) is 0 Å².